The Morgan fingerprint density at radius 3 is 2.67 bits per heavy atom. The Morgan fingerprint density at radius 2 is 2.17 bits per heavy atom. The van der Waals surface area contributed by atoms with Gasteiger partial charge < -0.3 is 21.1 Å². The molecule has 1 atom stereocenters. The number of hydrogen-bond donors (Lipinski definition) is 3. The molecule has 7 heteroatoms. The molecule has 0 saturated heterocycles. The van der Waals surface area contributed by atoms with Gasteiger partial charge in [-0.2, -0.15) is 0 Å². The molecular formula is C11H20N4O2S. The van der Waals surface area contributed by atoms with Gasteiger partial charge in [-0.1, -0.05) is 11.3 Å². The largest absolute Gasteiger partial charge is 0.394 e. The van der Waals surface area contributed by atoms with Crippen molar-refractivity contribution < 1.29 is 9.90 Å². The average molecular weight is 272 g/mol. The highest BCUT2D eigenvalue weighted by atomic mass is 32.1. The van der Waals surface area contributed by atoms with Crippen molar-refractivity contribution in [3.8, 4) is 0 Å². The normalized spacial score (nSPS) is 12.2. The zero-order valence-corrected chi connectivity index (χ0v) is 11.8. The number of carbonyl (C=O) groups is 1. The summed E-state index contributed by atoms with van der Waals surface area (Å²) in [5, 5.41) is 12.3. The minimum absolute atomic E-state index is 0.104. The van der Waals surface area contributed by atoms with E-state index < -0.39 is 0 Å². The molecular weight excluding hydrogens is 252 g/mol. The summed E-state index contributed by atoms with van der Waals surface area (Å²) in [5.41, 5.74) is 5.76. The Kier molecular flexibility index (Phi) is 5.36. The summed E-state index contributed by atoms with van der Waals surface area (Å²) >= 11 is 1.27. The topological polar surface area (TPSA) is 91.5 Å². The highest BCUT2D eigenvalue weighted by Crippen LogP contribution is 2.27. The lowest BCUT2D eigenvalue weighted by Crippen LogP contribution is -2.34. The molecule has 6 nitrogen and oxygen atoms in total. The van der Waals surface area contributed by atoms with E-state index in [4.69, 9.17) is 10.8 Å². The van der Waals surface area contributed by atoms with E-state index >= 15 is 0 Å². The van der Waals surface area contributed by atoms with Gasteiger partial charge in [0.1, 0.15) is 10.7 Å². The number of aromatic nitrogens is 1. The molecule has 0 bridgehead atoms. The monoisotopic (exact) mass is 272 g/mol. The number of thiazole rings is 1. The first-order chi connectivity index (χ1) is 8.53. The third-order valence-corrected chi connectivity index (χ3v) is 3.66. The zero-order valence-electron chi connectivity index (χ0n) is 10.9. The first-order valence-electron chi connectivity index (χ1n) is 5.96. The summed E-state index contributed by atoms with van der Waals surface area (Å²) < 4.78 is 0. The van der Waals surface area contributed by atoms with Gasteiger partial charge in [-0.25, -0.2) is 4.98 Å². The van der Waals surface area contributed by atoms with Crippen molar-refractivity contribution in [2.75, 3.05) is 30.3 Å². The Balaban J connectivity index is 2.87. The first kappa shape index (κ1) is 14.7. The number of amides is 1. The standard InChI is InChI=1S/C11H20N4O2S/c1-4-15(5-2)11-14-9(12)8(18-11)10(17)13-7(3)6-16/h7,16H,4-6,12H2,1-3H3,(H,13,17). The highest BCUT2D eigenvalue weighted by molar-refractivity contribution is 7.18. The third-order valence-electron chi connectivity index (χ3n) is 2.53. The van der Waals surface area contributed by atoms with Gasteiger partial charge >= 0.3 is 0 Å². The minimum atomic E-state index is -0.295. The lowest BCUT2D eigenvalue weighted by molar-refractivity contribution is 0.0927. The van der Waals surface area contributed by atoms with E-state index in [9.17, 15) is 4.79 Å². The number of nitrogens with one attached hydrogen (secondary N) is 1. The van der Waals surface area contributed by atoms with Crippen molar-refractivity contribution in [3.63, 3.8) is 0 Å². The van der Waals surface area contributed by atoms with Gasteiger partial charge in [0.2, 0.25) is 0 Å². The Morgan fingerprint density at radius 1 is 1.56 bits per heavy atom. The van der Waals surface area contributed by atoms with Crippen LogP contribution in [0.1, 0.15) is 30.4 Å². The Bertz CT molecular complexity index is 404. The van der Waals surface area contributed by atoms with Gasteiger partial charge in [0, 0.05) is 19.1 Å². The van der Waals surface area contributed by atoms with Crippen LogP contribution in [0.4, 0.5) is 10.9 Å². The molecule has 1 amide bonds. The molecule has 1 aromatic heterocycles. The molecule has 18 heavy (non-hydrogen) atoms. The molecule has 0 saturated carbocycles. The van der Waals surface area contributed by atoms with Gasteiger partial charge in [-0.15, -0.1) is 0 Å². The number of rotatable bonds is 6. The molecule has 0 aliphatic rings. The van der Waals surface area contributed by atoms with Crippen molar-refractivity contribution in [1.29, 1.82) is 0 Å². The predicted molar refractivity (Wildman–Crippen MR) is 74.1 cm³/mol. The van der Waals surface area contributed by atoms with Crippen LogP contribution in [0.25, 0.3) is 0 Å². The summed E-state index contributed by atoms with van der Waals surface area (Å²) in [5.74, 6) is -0.0468. The summed E-state index contributed by atoms with van der Waals surface area (Å²) in [6.07, 6.45) is 0. The Labute approximate surface area is 111 Å². The molecule has 0 radical (unpaired) electrons. The van der Waals surface area contributed by atoms with Crippen LogP contribution in [-0.4, -0.2) is 41.7 Å². The lowest BCUT2D eigenvalue weighted by atomic mass is 10.3. The maximum atomic E-state index is 11.9. The number of carbonyl (C=O) groups excluding carboxylic acids is 1. The van der Waals surface area contributed by atoms with Crippen LogP contribution in [0.2, 0.25) is 0 Å². The summed E-state index contributed by atoms with van der Waals surface area (Å²) in [4.78, 5) is 18.5. The molecule has 0 aliphatic heterocycles. The van der Waals surface area contributed by atoms with E-state index in [2.05, 4.69) is 10.3 Å². The van der Waals surface area contributed by atoms with E-state index in [0.717, 1.165) is 18.2 Å². The number of aliphatic hydroxyl groups is 1. The molecule has 0 fully saturated rings. The average Bonchev–Trinajstić information content (AvgIpc) is 2.72. The van der Waals surface area contributed by atoms with Crippen molar-refractivity contribution in [3.05, 3.63) is 4.88 Å². The smallest absolute Gasteiger partial charge is 0.265 e. The quantitative estimate of drug-likeness (QED) is 0.708. The number of aliphatic hydroxyl groups excluding tert-OH is 1. The Hall–Kier alpha value is -1.34. The molecule has 1 unspecified atom stereocenters. The second kappa shape index (κ2) is 6.55. The molecule has 0 aliphatic carbocycles. The summed E-state index contributed by atoms with van der Waals surface area (Å²) in [6, 6.07) is -0.295. The second-order valence-electron chi connectivity index (χ2n) is 3.94. The zero-order chi connectivity index (χ0) is 13.7. The SMILES string of the molecule is CCN(CC)c1nc(N)c(C(=O)NC(C)CO)s1. The van der Waals surface area contributed by atoms with Crippen molar-refractivity contribution >= 4 is 28.2 Å². The molecule has 1 rings (SSSR count). The van der Waals surface area contributed by atoms with Crippen molar-refractivity contribution in [2.24, 2.45) is 0 Å². The molecule has 1 aromatic rings. The van der Waals surface area contributed by atoms with Crippen LogP contribution < -0.4 is 16.0 Å². The number of nitrogen functional groups attached to an aromatic ring is 1. The molecule has 4 N–H and O–H groups in total. The predicted octanol–water partition coefficient (Wildman–Crippen LogP) is 0.682. The highest BCUT2D eigenvalue weighted by Gasteiger charge is 2.19. The second-order valence-corrected chi connectivity index (χ2v) is 4.92. The molecule has 0 aromatic carbocycles. The molecule has 102 valence electrons. The fourth-order valence-electron chi connectivity index (χ4n) is 1.45. The van der Waals surface area contributed by atoms with E-state index in [1.807, 2.05) is 18.7 Å². The van der Waals surface area contributed by atoms with Crippen LogP contribution in [0.15, 0.2) is 0 Å². The van der Waals surface area contributed by atoms with Crippen LogP contribution >= 0.6 is 11.3 Å². The van der Waals surface area contributed by atoms with E-state index in [0.29, 0.717) is 4.88 Å². The minimum Gasteiger partial charge on any atom is -0.394 e. The van der Waals surface area contributed by atoms with Gasteiger partial charge in [-0.3, -0.25) is 4.79 Å². The van der Waals surface area contributed by atoms with Gasteiger partial charge in [0.15, 0.2) is 5.13 Å². The van der Waals surface area contributed by atoms with Gasteiger partial charge in [0.25, 0.3) is 5.91 Å². The third kappa shape index (κ3) is 3.33. The van der Waals surface area contributed by atoms with E-state index in [1.54, 1.807) is 6.92 Å². The van der Waals surface area contributed by atoms with Crippen LogP contribution in [0, 0.1) is 0 Å². The molecule has 0 spiro atoms. The molecule has 1 heterocycles. The summed E-state index contributed by atoms with van der Waals surface area (Å²) in [6.45, 7) is 7.30. The van der Waals surface area contributed by atoms with Crippen LogP contribution in [-0.2, 0) is 0 Å². The van der Waals surface area contributed by atoms with Crippen LogP contribution in [0.5, 0.6) is 0 Å². The number of nitrogens with zero attached hydrogens (tertiary/aromatic N) is 2. The lowest BCUT2D eigenvalue weighted by Gasteiger charge is -2.16. The fourth-order valence-corrected chi connectivity index (χ4v) is 2.46. The maximum Gasteiger partial charge on any atom is 0.265 e. The number of nitrogens with two attached hydrogens (primary N) is 1. The number of anilines is 2. The number of hydrogen-bond acceptors (Lipinski definition) is 6. The van der Waals surface area contributed by atoms with Crippen molar-refractivity contribution in [2.45, 2.75) is 26.8 Å². The maximum absolute atomic E-state index is 11.9. The van der Waals surface area contributed by atoms with Crippen molar-refractivity contribution in [1.82, 2.24) is 10.3 Å². The van der Waals surface area contributed by atoms with Gasteiger partial charge in [-0.05, 0) is 20.8 Å². The van der Waals surface area contributed by atoms with Crippen LogP contribution in [0.3, 0.4) is 0 Å². The van der Waals surface area contributed by atoms with E-state index in [-0.39, 0.29) is 24.4 Å². The van der Waals surface area contributed by atoms with E-state index in [1.165, 1.54) is 11.3 Å². The van der Waals surface area contributed by atoms with Gasteiger partial charge in [0.05, 0.1) is 6.61 Å². The summed E-state index contributed by atoms with van der Waals surface area (Å²) in [7, 11) is 0. The fraction of sp³-hybridized carbons (Fsp3) is 0.636. The first-order valence-corrected chi connectivity index (χ1v) is 6.78.